The van der Waals surface area contributed by atoms with Crippen LogP contribution < -0.4 is 19.7 Å². The van der Waals surface area contributed by atoms with E-state index < -0.39 is 0 Å². The number of aromatic nitrogens is 3. The van der Waals surface area contributed by atoms with Crippen molar-refractivity contribution in [2.24, 2.45) is 0 Å². The van der Waals surface area contributed by atoms with Crippen LogP contribution in [0.4, 0.5) is 5.69 Å². The minimum absolute atomic E-state index is 0.162. The van der Waals surface area contributed by atoms with Gasteiger partial charge in [-0.3, -0.25) is 4.98 Å². The van der Waals surface area contributed by atoms with Gasteiger partial charge in [-0.1, -0.05) is 12.1 Å². The van der Waals surface area contributed by atoms with Gasteiger partial charge >= 0.3 is 0 Å². The molecule has 0 bridgehead atoms. The highest BCUT2D eigenvalue weighted by molar-refractivity contribution is 7.80. The third-order valence-electron chi connectivity index (χ3n) is 6.66. The molecule has 1 fully saturated rings. The summed E-state index contributed by atoms with van der Waals surface area (Å²) >= 11 is 5.92. The Morgan fingerprint density at radius 1 is 0.944 bits per heavy atom. The summed E-state index contributed by atoms with van der Waals surface area (Å²) in [6.07, 6.45) is 3.71. The molecule has 1 aromatic carbocycles. The van der Waals surface area contributed by atoms with Crippen molar-refractivity contribution in [3.63, 3.8) is 0 Å². The van der Waals surface area contributed by atoms with E-state index in [1.165, 1.54) is 0 Å². The lowest BCUT2D eigenvalue weighted by molar-refractivity contribution is 0.394. The van der Waals surface area contributed by atoms with Crippen molar-refractivity contribution in [1.29, 1.82) is 0 Å². The summed E-state index contributed by atoms with van der Waals surface area (Å²) in [5, 5.41) is 4.14. The average Bonchev–Trinajstić information content (AvgIpc) is 3.39. The molecule has 0 aliphatic carbocycles. The van der Waals surface area contributed by atoms with Crippen LogP contribution in [0.5, 0.6) is 11.5 Å². The Balaban J connectivity index is 1.69. The van der Waals surface area contributed by atoms with Gasteiger partial charge in [-0.15, -0.1) is 0 Å². The van der Waals surface area contributed by atoms with Crippen LogP contribution in [-0.4, -0.2) is 33.9 Å². The van der Waals surface area contributed by atoms with Crippen LogP contribution in [0.2, 0.25) is 0 Å². The first kappa shape index (κ1) is 23.8. The van der Waals surface area contributed by atoms with E-state index in [-0.39, 0.29) is 12.1 Å². The van der Waals surface area contributed by atoms with Gasteiger partial charge in [-0.2, -0.15) is 0 Å². The second-order valence-corrected chi connectivity index (χ2v) is 9.28. The quantitative estimate of drug-likeness (QED) is 0.357. The van der Waals surface area contributed by atoms with Crippen LogP contribution in [0.15, 0.2) is 67.0 Å². The predicted octanol–water partition coefficient (Wildman–Crippen LogP) is 5.39. The molecule has 1 N–H and O–H groups in total. The van der Waals surface area contributed by atoms with Crippen molar-refractivity contribution < 1.29 is 9.47 Å². The summed E-state index contributed by atoms with van der Waals surface area (Å²) in [4.78, 5) is 11.5. The Bertz CT molecular complexity index is 1400. The smallest absolute Gasteiger partial charge is 0.174 e. The molecule has 0 amide bonds. The molecule has 2 unspecified atom stereocenters. The number of benzene rings is 1. The first-order valence-electron chi connectivity index (χ1n) is 11.8. The van der Waals surface area contributed by atoms with Crippen LogP contribution in [0.3, 0.4) is 0 Å². The Morgan fingerprint density at radius 3 is 2.44 bits per heavy atom. The number of pyridine rings is 2. The van der Waals surface area contributed by atoms with Gasteiger partial charge in [0.25, 0.3) is 0 Å². The number of thiocarbonyl (C=S) groups is 1. The molecule has 184 valence electrons. The van der Waals surface area contributed by atoms with Gasteiger partial charge in [0, 0.05) is 29.8 Å². The highest BCUT2D eigenvalue weighted by Crippen LogP contribution is 2.46. The molecule has 1 aliphatic rings. The Hall–Kier alpha value is -3.91. The molecular formula is C28H29N5O2S. The predicted molar refractivity (Wildman–Crippen MR) is 145 cm³/mol. The number of nitrogens with one attached hydrogen (secondary N) is 1. The molecule has 0 spiro atoms. The normalized spacial score (nSPS) is 17.2. The molecule has 36 heavy (non-hydrogen) atoms. The van der Waals surface area contributed by atoms with E-state index in [0.717, 1.165) is 45.5 Å². The molecule has 8 heteroatoms. The van der Waals surface area contributed by atoms with Crippen molar-refractivity contribution in [1.82, 2.24) is 19.9 Å². The maximum atomic E-state index is 5.92. The maximum Gasteiger partial charge on any atom is 0.174 e. The van der Waals surface area contributed by atoms with E-state index in [0.29, 0.717) is 10.9 Å². The number of hydrogen-bond donors (Lipinski definition) is 1. The van der Waals surface area contributed by atoms with Gasteiger partial charge in [0.1, 0.15) is 17.3 Å². The number of ether oxygens (including phenoxy) is 2. The van der Waals surface area contributed by atoms with Crippen molar-refractivity contribution in [3.8, 4) is 17.3 Å². The van der Waals surface area contributed by atoms with Crippen molar-refractivity contribution in [2.45, 2.75) is 32.9 Å². The highest BCUT2D eigenvalue weighted by atomic mass is 32.1. The molecule has 1 aliphatic heterocycles. The SMILES string of the molecule is COc1ccc(N2C(=S)NC(c3ccccn3)C2c2cc(C)n(-c3ccc(C)cn3)c2C)c(OC)c1. The van der Waals surface area contributed by atoms with E-state index in [2.05, 4.69) is 56.8 Å². The maximum absolute atomic E-state index is 5.92. The number of methoxy groups -OCH3 is 2. The average molecular weight is 500 g/mol. The van der Waals surface area contributed by atoms with Gasteiger partial charge in [-0.25, -0.2) is 4.98 Å². The van der Waals surface area contributed by atoms with E-state index >= 15 is 0 Å². The van der Waals surface area contributed by atoms with E-state index in [1.54, 1.807) is 14.2 Å². The van der Waals surface area contributed by atoms with Gasteiger partial charge in [0.2, 0.25) is 0 Å². The summed E-state index contributed by atoms with van der Waals surface area (Å²) < 4.78 is 13.4. The number of nitrogens with zero attached hydrogens (tertiary/aromatic N) is 4. The number of aryl methyl sites for hydroxylation is 2. The van der Waals surface area contributed by atoms with Crippen molar-refractivity contribution >= 4 is 23.0 Å². The number of hydrogen-bond acceptors (Lipinski definition) is 5. The minimum atomic E-state index is -0.167. The Labute approximate surface area is 216 Å². The van der Waals surface area contributed by atoms with E-state index in [1.807, 2.05) is 55.7 Å². The molecule has 0 radical (unpaired) electrons. The highest BCUT2D eigenvalue weighted by Gasteiger charge is 2.43. The summed E-state index contributed by atoms with van der Waals surface area (Å²) in [7, 11) is 3.30. The standard InChI is InChI=1S/C28H29N5O2S/c1-17-9-12-25(30-16-17)32-18(2)14-21(19(32)3)27-26(22-8-6-7-13-29-22)31-28(36)33(27)23-11-10-20(34-4)15-24(23)35-5/h6-16,26-27H,1-5H3,(H,31,36). The van der Waals surface area contributed by atoms with E-state index in [4.69, 9.17) is 21.7 Å². The fourth-order valence-corrected chi connectivity index (χ4v) is 5.29. The first-order chi connectivity index (χ1) is 17.4. The van der Waals surface area contributed by atoms with Gasteiger partial charge in [-0.05, 0) is 80.5 Å². The second kappa shape index (κ2) is 9.62. The number of rotatable bonds is 6. The third-order valence-corrected chi connectivity index (χ3v) is 6.97. The first-order valence-corrected chi connectivity index (χ1v) is 12.2. The van der Waals surface area contributed by atoms with Gasteiger partial charge in [0.05, 0.1) is 37.7 Å². The largest absolute Gasteiger partial charge is 0.497 e. The van der Waals surface area contributed by atoms with Gasteiger partial charge in [0.15, 0.2) is 5.11 Å². The fourth-order valence-electron chi connectivity index (χ4n) is 4.95. The monoisotopic (exact) mass is 499 g/mol. The molecule has 3 aromatic heterocycles. The summed E-state index contributed by atoms with van der Waals surface area (Å²) in [5.41, 5.74) is 6.22. The molecule has 0 saturated carbocycles. The third kappa shape index (κ3) is 4.07. The zero-order chi connectivity index (χ0) is 25.4. The Morgan fingerprint density at radius 2 is 1.78 bits per heavy atom. The number of anilines is 1. The zero-order valence-corrected chi connectivity index (χ0v) is 21.8. The molecular weight excluding hydrogens is 470 g/mol. The van der Waals surface area contributed by atoms with Crippen LogP contribution >= 0.6 is 12.2 Å². The van der Waals surface area contributed by atoms with Crippen molar-refractivity contribution in [3.05, 3.63) is 95.2 Å². The van der Waals surface area contributed by atoms with Crippen LogP contribution in [0.1, 0.15) is 40.3 Å². The molecule has 2 atom stereocenters. The molecule has 1 saturated heterocycles. The topological polar surface area (TPSA) is 64.4 Å². The summed E-state index contributed by atoms with van der Waals surface area (Å²) in [6.45, 7) is 6.28. The van der Waals surface area contributed by atoms with Gasteiger partial charge < -0.3 is 24.3 Å². The fraction of sp³-hybridized carbons (Fsp3) is 0.250. The van der Waals surface area contributed by atoms with Crippen LogP contribution in [0, 0.1) is 20.8 Å². The van der Waals surface area contributed by atoms with E-state index in [9.17, 15) is 0 Å². The van der Waals surface area contributed by atoms with Crippen LogP contribution in [-0.2, 0) is 0 Å². The lowest BCUT2D eigenvalue weighted by atomic mass is 9.96. The lowest BCUT2D eigenvalue weighted by Crippen LogP contribution is -2.30. The Kier molecular flexibility index (Phi) is 6.36. The molecule has 5 rings (SSSR count). The van der Waals surface area contributed by atoms with Crippen LogP contribution in [0.25, 0.3) is 5.82 Å². The lowest BCUT2D eigenvalue weighted by Gasteiger charge is -2.29. The summed E-state index contributed by atoms with van der Waals surface area (Å²) in [5.74, 6) is 2.28. The zero-order valence-electron chi connectivity index (χ0n) is 21.0. The minimum Gasteiger partial charge on any atom is -0.497 e. The molecule has 4 aromatic rings. The molecule has 4 heterocycles. The summed E-state index contributed by atoms with van der Waals surface area (Å²) in [6, 6.07) is 17.8. The molecule has 7 nitrogen and oxygen atoms in total. The second-order valence-electron chi connectivity index (χ2n) is 8.89. The van der Waals surface area contributed by atoms with Crippen molar-refractivity contribution in [2.75, 3.05) is 19.1 Å².